The number of nitrogens with zero attached hydrogens (tertiary/aromatic N) is 2. The molecule has 1 saturated carbocycles. The highest BCUT2D eigenvalue weighted by Gasteiger charge is 2.45. The Morgan fingerprint density at radius 2 is 1.86 bits per heavy atom. The van der Waals surface area contributed by atoms with Crippen LogP contribution in [-0.4, -0.2) is 9.78 Å². The molecule has 0 spiro atoms. The summed E-state index contributed by atoms with van der Waals surface area (Å²) in [5.41, 5.74) is 8.02. The van der Waals surface area contributed by atoms with Crippen LogP contribution >= 0.6 is 0 Å². The molecular weight excluding hydrogens is 359 g/mol. The molecule has 0 aliphatic heterocycles. The Balaban J connectivity index is 1.39. The average Bonchev–Trinajstić information content (AvgIpc) is 3.26. The minimum Gasteiger partial charge on any atom is -0.233 e. The minimum absolute atomic E-state index is 0.155. The summed E-state index contributed by atoms with van der Waals surface area (Å²) in [6, 6.07) is 15.6. The van der Waals surface area contributed by atoms with Crippen molar-refractivity contribution in [3.05, 3.63) is 88.5 Å². The molecule has 0 bridgehead atoms. The van der Waals surface area contributed by atoms with E-state index in [1.165, 1.54) is 35.2 Å². The number of aryl methyl sites for hydroxylation is 2. The summed E-state index contributed by atoms with van der Waals surface area (Å²) in [5, 5.41) is 4.72. The maximum Gasteiger partial charge on any atom is 0.123 e. The number of benzene rings is 2. The van der Waals surface area contributed by atoms with Crippen molar-refractivity contribution in [2.75, 3.05) is 0 Å². The number of aromatic nitrogens is 2. The Labute approximate surface area is 172 Å². The molecular formula is C26H27FN2. The maximum atomic E-state index is 13.2. The summed E-state index contributed by atoms with van der Waals surface area (Å²) in [7, 11) is 0. The average molecular weight is 387 g/mol. The van der Waals surface area contributed by atoms with E-state index in [2.05, 4.69) is 55.1 Å². The van der Waals surface area contributed by atoms with Crippen molar-refractivity contribution in [2.45, 2.75) is 46.0 Å². The van der Waals surface area contributed by atoms with Gasteiger partial charge in [-0.25, -0.2) is 9.07 Å². The van der Waals surface area contributed by atoms with Crippen LogP contribution in [0.25, 0.3) is 11.8 Å². The SMILES string of the molecule is Cc1ccc(-n2ncc3c2C=C2CC[C@H](CCc4ccc(F)cc4)[C@@]2(C)C3)cc1. The predicted molar refractivity (Wildman–Crippen MR) is 116 cm³/mol. The first-order valence-electron chi connectivity index (χ1n) is 10.6. The lowest BCUT2D eigenvalue weighted by Crippen LogP contribution is -2.29. The fourth-order valence-corrected chi connectivity index (χ4v) is 5.28. The van der Waals surface area contributed by atoms with Crippen molar-refractivity contribution in [1.82, 2.24) is 9.78 Å². The van der Waals surface area contributed by atoms with Crippen molar-refractivity contribution in [3.8, 4) is 5.69 Å². The lowest BCUT2D eigenvalue weighted by Gasteiger charge is -2.36. The van der Waals surface area contributed by atoms with E-state index in [0.29, 0.717) is 5.92 Å². The first-order valence-corrected chi connectivity index (χ1v) is 10.6. The molecule has 1 fully saturated rings. The van der Waals surface area contributed by atoms with Crippen LogP contribution in [0.4, 0.5) is 4.39 Å². The van der Waals surface area contributed by atoms with Crippen LogP contribution in [0, 0.1) is 24.1 Å². The van der Waals surface area contributed by atoms with Gasteiger partial charge in [0.2, 0.25) is 0 Å². The molecule has 3 heteroatoms. The molecule has 0 saturated heterocycles. The van der Waals surface area contributed by atoms with Crippen molar-refractivity contribution in [2.24, 2.45) is 11.3 Å². The fourth-order valence-electron chi connectivity index (χ4n) is 5.28. The number of hydrogen-bond acceptors (Lipinski definition) is 1. The normalized spacial score (nSPS) is 22.9. The van der Waals surface area contributed by atoms with E-state index in [1.807, 2.05) is 12.1 Å². The molecule has 0 N–H and O–H groups in total. The topological polar surface area (TPSA) is 17.8 Å². The molecule has 0 amide bonds. The molecule has 2 aromatic carbocycles. The van der Waals surface area contributed by atoms with Crippen LogP contribution in [0.3, 0.4) is 0 Å². The molecule has 29 heavy (non-hydrogen) atoms. The smallest absolute Gasteiger partial charge is 0.123 e. The summed E-state index contributed by atoms with van der Waals surface area (Å²) in [5.74, 6) is 0.506. The molecule has 2 atom stereocenters. The molecule has 2 nitrogen and oxygen atoms in total. The van der Waals surface area contributed by atoms with Gasteiger partial charge in [-0.2, -0.15) is 5.10 Å². The number of rotatable bonds is 4. The molecule has 148 valence electrons. The van der Waals surface area contributed by atoms with Gasteiger partial charge in [-0.05, 0) is 91.8 Å². The van der Waals surface area contributed by atoms with E-state index in [4.69, 9.17) is 5.10 Å². The van der Waals surface area contributed by atoms with E-state index in [0.717, 1.165) is 24.9 Å². The van der Waals surface area contributed by atoms with Crippen LogP contribution in [0.1, 0.15) is 48.6 Å². The van der Waals surface area contributed by atoms with Gasteiger partial charge in [0.15, 0.2) is 0 Å². The number of hydrogen-bond donors (Lipinski definition) is 0. The summed E-state index contributed by atoms with van der Waals surface area (Å²) in [6.07, 6.45) is 10.1. The molecule has 2 aliphatic rings. The largest absolute Gasteiger partial charge is 0.233 e. The molecule has 5 rings (SSSR count). The van der Waals surface area contributed by atoms with E-state index in [1.54, 1.807) is 17.7 Å². The van der Waals surface area contributed by atoms with Gasteiger partial charge in [0.25, 0.3) is 0 Å². The highest BCUT2D eigenvalue weighted by molar-refractivity contribution is 5.61. The number of fused-ring (bicyclic) bond motifs is 2. The van der Waals surface area contributed by atoms with Crippen molar-refractivity contribution >= 4 is 6.08 Å². The molecule has 1 heterocycles. The second-order valence-electron chi connectivity index (χ2n) is 8.97. The Bertz CT molecular complexity index is 1060. The molecule has 3 aromatic rings. The van der Waals surface area contributed by atoms with Crippen LogP contribution in [0.5, 0.6) is 0 Å². The summed E-state index contributed by atoms with van der Waals surface area (Å²) < 4.78 is 15.3. The first-order chi connectivity index (χ1) is 14.0. The van der Waals surface area contributed by atoms with Crippen LogP contribution in [-0.2, 0) is 12.8 Å². The zero-order valence-electron chi connectivity index (χ0n) is 17.2. The van der Waals surface area contributed by atoms with Gasteiger partial charge in [0.1, 0.15) is 5.82 Å². The molecule has 0 radical (unpaired) electrons. The number of allylic oxidation sites excluding steroid dienone is 1. The molecule has 1 aromatic heterocycles. The van der Waals surface area contributed by atoms with E-state index < -0.39 is 0 Å². The quantitative estimate of drug-likeness (QED) is 0.514. The van der Waals surface area contributed by atoms with Crippen LogP contribution in [0.15, 0.2) is 60.3 Å². The highest BCUT2D eigenvalue weighted by Crippen LogP contribution is 2.54. The van der Waals surface area contributed by atoms with Crippen molar-refractivity contribution in [1.29, 1.82) is 0 Å². The Morgan fingerprint density at radius 1 is 1.10 bits per heavy atom. The number of halogens is 1. The third kappa shape index (κ3) is 3.23. The third-order valence-electron chi connectivity index (χ3n) is 7.12. The Hall–Kier alpha value is -2.68. The van der Waals surface area contributed by atoms with Gasteiger partial charge in [-0.15, -0.1) is 0 Å². The maximum absolute atomic E-state index is 13.2. The van der Waals surface area contributed by atoms with Crippen molar-refractivity contribution in [3.63, 3.8) is 0 Å². The lowest BCUT2D eigenvalue weighted by molar-refractivity contribution is 0.256. The van der Waals surface area contributed by atoms with Gasteiger partial charge in [0.05, 0.1) is 17.6 Å². The van der Waals surface area contributed by atoms with Crippen LogP contribution in [0.2, 0.25) is 0 Å². The van der Waals surface area contributed by atoms with Gasteiger partial charge >= 0.3 is 0 Å². The first kappa shape index (κ1) is 18.4. The third-order valence-corrected chi connectivity index (χ3v) is 7.12. The van der Waals surface area contributed by atoms with Crippen LogP contribution < -0.4 is 0 Å². The van der Waals surface area contributed by atoms with Crippen molar-refractivity contribution < 1.29 is 4.39 Å². The minimum atomic E-state index is -0.155. The Kier molecular flexibility index (Phi) is 4.42. The predicted octanol–water partition coefficient (Wildman–Crippen LogP) is 6.31. The second kappa shape index (κ2) is 6.98. The monoisotopic (exact) mass is 386 g/mol. The van der Waals surface area contributed by atoms with Gasteiger partial charge in [0, 0.05) is 0 Å². The van der Waals surface area contributed by atoms with E-state index >= 15 is 0 Å². The summed E-state index contributed by atoms with van der Waals surface area (Å²) in [4.78, 5) is 0. The zero-order chi connectivity index (χ0) is 20.0. The van der Waals surface area contributed by atoms with E-state index in [9.17, 15) is 4.39 Å². The molecule has 0 unspecified atom stereocenters. The van der Waals surface area contributed by atoms with E-state index in [-0.39, 0.29) is 11.2 Å². The Morgan fingerprint density at radius 3 is 2.62 bits per heavy atom. The fraction of sp³-hybridized carbons (Fsp3) is 0.346. The molecule has 2 aliphatic carbocycles. The van der Waals surface area contributed by atoms with Gasteiger partial charge < -0.3 is 0 Å². The second-order valence-corrected chi connectivity index (χ2v) is 8.97. The highest BCUT2D eigenvalue weighted by atomic mass is 19.1. The summed E-state index contributed by atoms with van der Waals surface area (Å²) in [6.45, 7) is 4.55. The standard InChI is InChI=1S/C26H27FN2/c1-18-3-13-24(14-4-18)29-25-15-22-10-9-21(26(22,2)16-20(25)17-28-29)8-5-19-6-11-23(27)12-7-19/h3-4,6-7,11-15,17,21H,5,8-10,16H2,1-2H3/t21-,26+/m0/s1. The lowest BCUT2D eigenvalue weighted by atomic mass is 9.68. The van der Waals surface area contributed by atoms with Gasteiger partial charge in [-0.1, -0.05) is 42.3 Å². The van der Waals surface area contributed by atoms with Gasteiger partial charge in [-0.3, -0.25) is 0 Å². The zero-order valence-corrected chi connectivity index (χ0v) is 17.2. The summed E-state index contributed by atoms with van der Waals surface area (Å²) >= 11 is 0.